The molecule has 0 aliphatic carbocycles. The zero-order valence-electron chi connectivity index (χ0n) is 12.1. The first-order valence-electron chi connectivity index (χ1n) is 7.33. The molecule has 0 spiro atoms. The fraction of sp³-hybridized carbons (Fsp3) is 0.500. The Morgan fingerprint density at radius 2 is 2.29 bits per heavy atom. The molecule has 114 valence electrons. The van der Waals surface area contributed by atoms with Crippen LogP contribution in [-0.4, -0.2) is 42.6 Å². The first-order chi connectivity index (χ1) is 10.2. The zero-order valence-corrected chi connectivity index (χ0v) is 12.1. The second kappa shape index (κ2) is 6.02. The van der Waals surface area contributed by atoms with Crippen LogP contribution in [0.4, 0.5) is 8.78 Å². The number of methoxy groups -OCH3 is 1. The van der Waals surface area contributed by atoms with Gasteiger partial charge in [0.15, 0.2) is 0 Å². The Hall–Kier alpha value is -1.62. The summed E-state index contributed by atoms with van der Waals surface area (Å²) in [5.74, 6) is 0.819. The Balaban J connectivity index is 1.80. The lowest BCUT2D eigenvalue weighted by Gasteiger charge is -2.23. The summed E-state index contributed by atoms with van der Waals surface area (Å²) in [6.07, 6.45) is 2.53. The van der Waals surface area contributed by atoms with Gasteiger partial charge in [0, 0.05) is 23.1 Å². The lowest BCUT2D eigenvalue weighted by molar-refractivity contribution is 0.0823. The van der Waals surface area contributed by atoms with Crippen molar-refractivity contribution >= 4 is 10.9 Å². The van der Waals surface area contributed by atoms with Crippen LogP contribution in [0.3, 0.4) is 0 Å². The third-order valence-corrected chi connectivity index (χ3v) is 4.30. The molecule has 1 N–H and O–H groups in total. The predicted molar refractivity (Wildman–Crippen MR) is 79.2 cm³/mol. The van der Waals surface area contributed by atoms with Crippen LogP contribution in [0.15, 0.2) is 24.4 Å². The van der Waals surface area contributed by atoms with Crippen LogP contribution in [0.25, 0.3) is 10.9 Å². The van der Waals surface area contributed by atoms with Gasteiger partial charge in [0.2, 0.25) is 0 Å². The van der Waals surface area contributed by atoms with Gasteiger partial charge in [0.1, 0.15) is 5.75 Å². The molecule has 5 heteroatoms. The first-order valence-corrected chi connectivity index (χ1v) is 7.33. The highest BCUT2D eigenvalue weighted by Crippen LogP contribution is 2.28. The van der Waals surface area contributed by atoms with Gasteiger partial charge in [-0.3, -0.25) is 4.90 Å². The number of nitrogens with zero attached hydrogens (tertiary/aromatic N) is 1. The molecular formula is C16H20F2N2O. The van der Waals surface area contributed by atoms with Crippen LogP contribution in [0, 0.1) is 0 Å². The largest absolute Gasteiger partial charge is 0.497 e. The molecule has 2 aromatic rings. The van der Waals surface area contributed by atoms with E-state index in [9.17, 15) is 8.78 Å². The van der Waals surface area contributed by atoms with Gasteiger partial charge in [-0.05, 0) is 49.6 Å². The molecule has 1 aromatic heterocycles. The topological polar surface area (TPSA) is 28.3 Å². The molecule has 1 saturated heterocycles. The summed E-state index contributed by atoms with van der Waals surface area (Å²) >= 11 is 0. The van der Waals surface area contributed by atoms with Crippen LogP contribution in [0.5, 0.6) is 5.75 Å². The molecule has 3 rings (SSSR count). The molecule has 21 heavy (non-hydrogen) atoms. The minimum Gasteiger partial charge on any atom is -0.497 e. The van der Waals surface area contributed by atoms with Crippen LogP contribution < -0.4 is 4.74 Å². The van der Waals surface area contributed by atoms with Crippen molar-refractivity contribution in [2.75, 3.05) is 20.2 Å². The van der Waals surface area contributed by atoms with Crippen LogP contribution in [-0.2, 0) is 6.42 Å². The molecule has 0 unspecified atom stereocenters. The van der Waals surface area contributed by atoms with E-state index in [1.54, 1.807) is 7.11 Å². The number of aromatic amines is 1. The molecule has 1 fully saturated rings. The van der Waals surface area contributed by atoms with Crippen LogP contribution in [0.1, 0.15) is 18.4 Å². The average molecular weight is 294 g/mol. The molecule has 1 aliphatic heterocycles. The summed E-state index contributed by atoms with van der Waals surface area (Å²) in [7, 11) is 1.65. The summed E-state index contributed by atoms with van der Waals surface area (Å²) in [5.41, 5.74) is 2.24. The highest BCUT2D eigenvalue weighted by atomic mass is 19.3. The SMILES string of the molecule is COc1ccc2[nH]cc(C[C@H]3CCCN3CC(F)F)c2c1. The number of likely N-dealkylation sites (tertiary alicyclic amines) is 1. The minimum absolute atomic E-state index is 0.115. The second-order valence-corrected chi connectivity index (χ2v) is 5.61. The number of hydrogen-bond donors (Lipinski definition) is 1. The van der Waals surface area contributed by atoms with Gasteiger partial charge in [-0.1, -0.05) is 0 Å². The lowest BCUT2D eigenvalue weighted by atomic mass is 10.0. The Kier molecular flexibility index (Phi) is 4.10. The standard InChI is InChI=1S/C16H20F2N2O/c1-21-13-4-5-15-14(8-13)11(9-19-15)7-12-3-2-6-20(12)10-16(17)18/h4-5,8-9,12,16,19H,2-3,6-7,10H2,1H3/t12-/m1/s1. The molecule has 2 heterocycles. The maximum Gasteiger partial charge on any atom is 0.251 e. The number of fused-ring (bicyclic) bond motifs is 1. The summed E-state index contributed by atoms with van der Waals surface area (Å²) < 4.78 is 30.5. The van der Waals surface area contributed by atoms with Crippen molar-refractivity contribution in [3.8, 4) is 5.75 Å². The van der Waals surface area contributed by atoms with E-state index in [0.29, 0.717) is 0 Å². The molecule has 0 radical (unpaired) electrons. The van der Waals surface area contributed by atoms with E-state index >= 15 is 0 Å². The number of rotatable bonds is 5. The highest BCUT2D eigenvalue weighted by Gasteiger charge is 2.27. The minimum atomic E-state index is -2.26. The Labute approximate surface area is 122 Å². The fourth-order valence-corrected chi connectivity index (χ4v) is 3.25. The number of ether oxygens (including phenoxy) is 1. The molecule has 1 aromatic carbocycles. The maximum absolute atomic E-state index is 12.6. The normalized spacial score (nSPS) is 19.7. The number of aromatic nitrogens is 1. The number of alkyl halides is 2. The summed E-state index contributed by atoms with van der Waals surface area (Å²) in [6.45, 7) is 0.664. The lowest BCUT2D eigenvalue weighted by Crippen LogP contribution is -2.34. The van der Waals surface area contributed by atoms with Crippen LogP contribution >= 0.6 is 0 Å². The molecule has 0 amide bonds. The van der Waals surface area contributed by atoms with Crippen molar-refractivity contribution in [1.29, 1.82) is 0 Å². The third-order valence-electron chi connectivity index (χ3n) is 4.30. The van der Waals surface area contributed by atoms with E-state index in [2.05, 4.69) is 4.98 Å². The maximum atomic E-state index is 12.6. The second-order valence-electron chi connectivity index (χ2n) is 5.61. The summed E-state index contributed by atoms with van der Waals surface area (Å²) in [4.78, 5) is 5.17. The van der Waals surface area contributed by atoms with Gasteiger partial charge in [0.05, 0.1) is 13.7 Å². The third kappa shape index (κ3) is 3.02. The average Bonchev–Trinajstić information content (AvgIpc) is 3.06. The fourth-order valence-electron chi connectivity index (χ4n) is 3.25. The number of halogens is 2. The highest BCUT2D eigenvalue weighted by molar-refractivity contribution is 5.84. The van der Waals surface area contributed by atoms with E-state index < -0.39 is 6.43 Å². The molecular weight excluding hydrogens is 274 g/mol. The molecule has 1 aliphatic rings. The van der Waals surface area contributed by atoms with Gasteiger partial charge < -0.3 is 9.72 Å². The van der Waals surface area contributed by atoms with Crippen molar-refractivity contribution < 1.29 is 13.5 Å². The summed E-state index contributed by atoms with van der Waals surface area (Å²) in [6, 6.07) is 6.13. The van der Waals surface area contributed by atoms with Crippen molar-refractivity contribution in [3.63, 3.8) is 0 Å². The van der Waals surface area contributed by atoms with Crippen molar-refractivity contribution in [1.82, 2.24) is 9.88 Å². The van der Waals surface area contributed by atoms with Crippen LogP contribution in [0.2, 0.25) is 0 Å². The van der Waals surface area contributed by atoms with E-state index in [1.165, 1.54) is 5.56 Å². The van der Waals surface area contributed by atoms with Gasteiger partial charge >= 0.3 is 0 Å². The zero-order chi connectivity index (χ0) is 14.8. The smallest absolute Gasteiger partial charge is 0.251 e. The van der Waals surface area contributed by atoms with E-state index in [0.717, 1.165) is 42.5 Å². The predicted octanol–water partition coefficient (Wildman–Crippen LogP) is 3.45. The van der Waals surface area contributed by atoms with E-state index in [-0.39, 0.29) is 12.6 Å². The molecule has 0 bridgehead atoms. The molecule has 0 saturated carbocycles. The number of nitrogens with one attached hydrogen (secondary N) is 1. The van der Waals surface area contributed by atoms with Gasteiger partial charge in [0.25, 0.3) is 6.43 Å². The Bertz CT molecular complexity index is 611. The number of hydrogen-bond acceptors (Lipinski definition) is 2. The Morgan fingerprint density at radius 1 is 1.43 bits per heavy atom. The first kappa shape index (κ1) is 14.3. The van der Waals surface area contributed by atoms with Crippen molar-refractivity contribution in [2.45, 2.75) is 31.7 Å². The van der Waals surface area contributed by atoms with Gasteiger partial charge in [-0.15, -0.1) is 0 Å². The van der Waals surface area contributed by atoms with Crippen molar-refractivity contribution in [2.24, 2.45) is 0 Å². The summed E-state index contributed by atoms with van der Waals surface area (Å²) in [5, 5.41) is 1.12. The molecule has 3 nitrogen and oxygen atoms in total. The van der Waals surface area contributed by atoms with Gasteiger partial charge in [-0.2, -0.15) is 0 Å². The Morgan fingerprint density at radius 3 is 3.05 bits per heavy atom. The quantitative estimate of drug-likeness (QED) is 0.915. The monoisotopic (exact) mass is 294 g/mol. The van der Waals surface area contributed by atoms with Gasteiger partial charge in [-0.25, -0.2) is 8.78 Å². The molecule has 1 atom stereocenters. The number of H-pyrrole nitrogens is 1. The van der Waals surface area contributed by atoms with E-state index in [4.69, 9.17) is 4.74 Å². The number of benzene rings is 1. The van der Waals surface area contributed by atoms with E-state index in [1.807, 2.05) is 29.3 Å². The van der Waals surface area contributed by atoms with Crippen molar-refractivity contribution in [3.05, 3.63) is 30.0 Å².